The van der Waals surface area contributed by atoms with Gasteiger partial charge in [-0.25, -0.2) is 9.38 Å². The molecular formula is C30H41FN2O. The van der Waals surface area contributed by atoms with Gasteiger partial charge in [-0.2, -0.15) is 0 Å². The third-order valence-electron chi connectivity index (χ3n) is 6.31. The van der Waals surface area contributed by atoms with Gasteiger partial charge in [-0.3, -0.25) is 4.79 Å². The van der Waals surface area contributed by atoms with Crippen molar-refractivity contribution in [3.8, 4) is 0 Å². The molecule has 1 aliphatic heterocycles. The Kier molecular flexibility index (Phi) is 11.2. The number of ketones is 1. The summed E-state index contributed by atoms with van der Waals surface area (Å²) in [6, 6.07) is 18.6. The molecule has 0 aromatic heterocycles. The van der Waals surface area contributed by atoms with Gasteiger partial charge < -0.3 is 4.90 Å². The topological polar surface area (TPSA) is 32.7 Å². The van der Waals surface area contributed by atoms with Gasteiger partial charge in [0.05, 0.1) is 6.04 Å². The summed E-state index contributed by atoms with van der Waals surface area (Å²) < 4.78 is 14.5. The van der Waals surface area contributed by atoms with Crippen LogP contribution in [0.3, 0.4) is 0 Å². The summed E-state index contributed by atoms with van der Waals surface area (Å²) in [6.07, 6.45) is 4.62. The van der Waals surface area contributed by atoms with Crippen molar-refractivity contribution in [2.75, 3.05) is 7.05 Å². The molecule has 4 heteroatoms. The van der Waals surface area contributed by atoms with E-state index in [0.717, 1.165) is 11.1 Å². The number of halogens is 1. The first kappa shape index (κ1) is 27.5. The van der Waals surface area contributed by atoms with E-state index in [4.69, 9.17) is 0 Å². The third kappa shape index (κ3) is 7.38. The minimum absolute atomic E-state index is 0.0370. The zero-order valence-corrected chi connectivity index (χ0v) is 21.8. The number of nitrogens with zero attached hydrogens (tertiary/aromatic N) is 2. The SMILES string of the molecule is CCC(=O)C(N=C1C(F)CC(c2ccccc2)N1C)=C(C)C.CCCCc1ccccc1CC. The molecular weight excluding hydrogens is 423 g/mol. The molecule has 184 valence electrons. The van der Waals surface area contributed by atoms with Gasteiger partial charge in [-0.15, -0.1) is 0 Å². The van der Waals surface area contributed by atoms with Crippen molar-refractivity contribution in [3.05, 3.63) is 82.6 Å². The maximum absolute atomic E-state index is 14.5. The van der Waals surface area contributed by atoms with Crippen LogP contribution in [0.1, 0.15) is 83.0 Å². The molecule has 1 aliphatic rings. The summed E-state index contributed by atoms with van der Waals surface area (Å²) in [7, 11) is 1.84. The van der Waals surface area contributed by atoms with E-state index in [0.29, 0.717) is 24.4 Å². The quantitative estimate of drug-likeness (QED) is 0.376. The van der Waals surface area contributed by atoms with Crippen LogP contribution in [0.5, 0.6) is 0 Å². The molecule has 0 amide bonds. The minimum Gasteiger partial charge on any atom is -0.353 e. The molecule has 0 saturated carbocycles. The van der Waals surface area contributed by atoms with Crippen LogP contribution in [0.4, 0.5) is 4.39 Å². The Morgan fingerprint density at radius 3 is 2.18 bits per heavy atom. The van der Waals surface area contributed by atoms with Crippen LogP contribution in [-0.2, 0) is 17.6 Å². The average molecular weight is 465 g/mol. The lowest BCUT2D eigenvalue weighted by atomic mass is 10.0. The fraction of sp³-hybridized carbons (Fsp3) is 0.467. The number of benzene rings is 2. The molecule has 34 heavy (non-hydrogen) atoms. The van der Waals surface area contributed by atoms with Gasteiger partial charge in [0.15, 0.2) is 12.0 Å². The van der Waals surface area contributed by atoms with Gasteiger partial charge in [-0.1, -0.05) is 81.8 Å². The second-order valence-corrected chi connectivity index (χ2v) is 9.06. The fourth-order valence-corrected chi connectivity index (χ4v) is 4.27. The second-order valence-electron chi connectivity index (χ2n) is 9.06. The molecule has 1 fully saturated rings. The minimum atomic E-state index is -1.14. The standard InChI is InChI=1S/C18H23FN2O.C12H18/c1-5-16(22)17(12(2)3)20-18-14(19)11-15(21(18)4)13-9-7-6-8-10-13;1-3-5-8-12-10-7-6-9-11(12)4-2/h6-10,14-15H,5,11H2,1-4H3;6-7,9-10H,3-5,8H2,1-2H3. The number of likely N-dealkylation sites (tertiary alicyclic amines) is 1. The molecule has 0 bridgehead atoms. The lowest BCUT2D eigenvalue weighted by molar-refractivity contribution is -0.115. The molecule has 0 aliphatic carbocycles. The molecule has 0 N–H and O–H groups in total. The summed E-state index contributed by atoms with van der Waals surface area (Å²) >= 11 is 0. The lowest BCUT2D eigenvalue weighted by Gasteiger charge is -2.22. The number of aliphatic imine (C=N–C) groups is 1. The predicted octanol–water partition coefficient (Wildman–Crippen LogP) is 7.66. The lowest BCUT2D eigenvalue weighted by Crippen LogP contribution is -2.26. The van der Waals surface area contributed by atoms with Crippen LogP contribution >= 0.6 is 0 Å². The molecule has 0 spiro atoms. The van der Waals surface area contributed by atoms with Crippen molar-refractivity contribution in [1.82, 2.24) is 4.90 Å². The Morgan fingerprint density at radius 1 is 1.00 bits per heavy atom. The van der Waals surface area contributed by atoms with Gasteiger partial charge in [0.1, 0.15) is 11.5 Å². The van der Waals surface area contributed by atoms with E-state index in [9.17, 15) is 9.18 Å². The highest BCUT2D eigenvalue weighted by Crippen LogP contribution is 2.34. The first-order chi connectivity index (χ1) is 16.3. The normalized spacial score (nSPS) is 18.4. The molecule has 2 aromatic carbocycles. The largest absolute Gasteiger partial charge is 0.353 e. The molecule has 3 rings (SSSR count). The van der Waals surface area contributed by atoms with E-state index in [-0.39, 0.29) is 11.8 Å². The van der Waals surface area contributed by atoms with E-state index in [1.54, 1.807) is 12.5 Å². The van der Waals surface area contributed by atoms with Crippen LogP contribution in [0.2, 0.25) is 0 Å². The summed E-state index contributed by atoms with van der Waals surface area (Å²) in [5, 5.41) is 0. The van der Waals surface area contributed by atoms with Gasteiger partial charge in [0, 0.05) is 19.9 Å². The smallest absolute Gasteiger partial charge is 0.180 e. The zero-order valence-electron chi connectivity index (χ0n) is 21.8. The Hall–Kier alpha value is -2.75. The maximum atomic E-state index is 14.5. The number of carbonyl (C=O) groups excluding carboxylic acids is 1. The Labute approximate surface area is 205 Å². The molecule has 2 atom stereocenters. The van der Waals surface area contributed by atoms with Gasteiger partial charge in [0.2, 0.25) is 0 Å². The number of rotatable bonds is 8. The molecule has 1 heterocycles. The van der Waals surface area contributed by atoms with Crippen LogP contribution in [0.25, 0.3) is 0 Å². The summed E-state index contributed by atoms with van der Waals surface area (Å²) in [6.45, 7) is 9.94. The molecule has 3 nitrogen and oxygen atoms in total. The third-order valence-corrected chi connectivity index (χ3v) is 6.31. The van der Waals surface area contributed by atoms with Crippen molar-refractivity contribution in [2.24, 2.45) is 4.99 Å². The number of unbranched alkanes of at least 4 members (excludes halogenated alkanes) is 1. The van der Waals surface area contributed by atoms with E-state index in [2.05, 4.69) is 43.1 Å². The maximum Gasteiger partial charge on any atom is 0.180 e. The van der Waals surface area contributed by atoms with Crippen molar-refractivity contribution >= 4 is 11.6 Å². The van der Waals surface area contributed by atoms with Crippen LogP contribution in [-0.4, -0.2) is 29.7 Å². The van der Waals surface area contributed by atoms with E-state index >= 15 is 0 Å². The van der Waals surface area contributed by atoms with Crippen LogP contribution in [0.15, 0.2) is 70.9 Å². The first-order valence-electron chi connectivity index (χ1n) is 12.6. The Morgan fingerprint density at radius 2 is 1.62 bits per heavy atom. The fourth-order valence-electron chi connectivity index (χ4n) is 4.27. The number of carbonyl (C=O) groups is 1. The molecule has 0 radical (unpaired) electrons. The summed E-state index contributed by atoms with van der Waals surface area (Å²) in [5.41, 5.74) is 5.34. The summed E-state index contributed by atoms with van der Waals surface area (Å²) in [4.78, 5) is 18.2. The van der Waals surface area contributed by atoms with Gasteiger partial charge in [-0.05, 0) is 55.4 Å². The number of amidine groups is 1. The highest BCUT2D eigenvalue weighted by atomic mass is 19.1. The molecule has 2 unspecified atom stereocenters. The number of Topliss-reactive ketones (excluding diaryl/α,β-unsaturated/α-hetero) is 1. The van der Waals surface area contributed by atoms with Gasteiger partial charge >= 0.3 is 0 Å². The van der Waals surface area contributed by atoms with Crippen LogP contribution < -0.4 is 0 Å². The number of alkyl halides is 1. The second kappa shape index (κ2) is 13.8. The van der Waals surface area contributed by atoms with Crippen LogP contribution in [0, 0.1) is 0 Å². The highest BCUT2D eigenvalue weighted by Gasteiger charge is 2.36. The average Bonchev–Trinajstić information content (AvgIpc) is 3.14. The van der Waals surface area contributed by atoms with Crippen molar-refractivity contribution in [3.63, 3.8) is 0 Å². The van der Waals surface area contributed by atoms with Crippen molar-refractivity contribution in [2.45, 2.75) is 85.4 Å². The number of hydrogen-bond donors (Lipinski definition) is 0. The van der Waals surface area contributed by atoms with Gasteiger partial charge in [0.25, 0.3) is 0 Å². The zero-order chi connectivity index (χ0) is 25.1. The van der Waals surface area contributed by atoms with Crippen molar-refractivity contribution in [1.29, 1.82) is 0 Å². The number of hydrogen-bond acceptors (Lipinski definition) is 2. The molecule has 2 aromatic rings. The van der Waals surface area contributed by atoms with E-state index in [1.165, 1.54) is 31.2 Å². The van der Waals surface area contributed by atoms with E-state index < -0.39 is 6.17 Å². The number of aryl methyl sites for hydroxylation is 2. The van der Waals surface area contributed by atoms with E-state index in [1.807, 2.05) is 56.1 Å². The predicted molar refractivity (Wildman–Crippen MR) is 142 cm³/mol. The monoisotopic (exact) mass is 464 g/mol. The highest BCUT2D eigenvalue weighted by molar-refractivity contribution is 6.00. The molecule has 1 saturated heterocycles. The first-order valence-corrected chi connectivity index (χ1v) is 12.6. The Bertz CT molecular complexity index is 976. The Balaban J connectivity index is 0.000000287. The van der Waals surface area contributed by atoms with Crippen molar-refractivity contribution < 1.29 is 9.18 Å². The summed E-state index contributed by atoms with van der Waals surface area (Å²) in [5.74, 6) is 0.308. The number of allylic oxidation sites excluding steroid dienone is 2.